The van der Waals surface area contributed by atoms with Gasteiger partial charge in [-0.05, 0) is 21.3 Å². The van der Waals surface area contributed by atoms with Crippen LogP contribution in [0.25, 0.3) is 11.3 Å². The number of halogens is 6. The monoisotopic (exact) mass is 503 g/mol. The Kier molecular flexibility index (Phi) is 7.13. The first kappa shape index (κ1) is 19.7. The number of hydrogen-bond donors (Lipinski definition) is 0. The minimum atomic E-state index is -2.90. The maximum absolute atomic E-state index is 13.7. The summed E-state index contributed by atoms with van der Waals surface area (Å²) >= 11 is 1.60. The van der Waals surface area contributed by atoms with Crippen molar-refractivity contribution in [2.45, 2.75) is 13.0 Å². The number of hydrogen-bond acceptors (Lipinski definition) is 1. The van der Waals surface area contributed by atoms with Gasteiger partial charge in [0.15, 0.2) is 0 Å². The summed E-state index contributed by atoms with van der Waals surface area (Å²) < 4.78 is 66.1. The van der Waals surface area contributed by atoms with Crippen LogP contribution in [0.3, 0.4) is 0 Å². The van der Waals surface area contributed by atoms with Gasteiger partial charge < -0.3 is 4.57 Å². The zero-order valence-corrected chi connectivity index (χ0v) is 15.7. The van der Waals surface area contributed by atoms with E-state index < -0.39 is 47.2 Å². The molecule has 1 aromatic heterocycles. The Morgan fingerprint density at radius 3 is 2.23 bits per heavy atom. The molecule has 0 saturated carbocycles. The van der Waals surface area contributed by atoms with Crippen LogP contribution in [-0.2, 0) is 39.3 Å². The van der Waals surface area contributed by atoms with E-state index in [0.717, 1.165) is 6.07 Å². The normalized spacial score (nSPS) is 10.7. The predicted molar refractivity (Wildman–Crippen MR) is 73.6 cm³/mol. The summed E-state index contributed by atoms with van der Waals surface area (Å²) in [5.41, 5.74) is -2.09. The van der Waals surface area contributed by atoms with Crippen LogP contribution in [0.4, 0.5) is 22.0 Å². The van der Waals surface area contributed by atoms with Crippen LogP contribution in [-0.4, -0.2) is 11.0 Å². The van der Waals surface area contributed by atoms with Gasteiger partial charge >= 0.3 is 0 Å². The van der Waals surface area contributed by atoms with E-state index in [1.54, 1.807) is 22.6 Å². The molecule has 2 rings (SSSR count). The fraction of sp³-hybridized carbons (Fsp3) is 0.154. The van der Waals surface area contributed by atoms with E-state index in [-0.39, 0.29) is 36.3 Å². The average molecular weight is 503 g/mol. The molecule has 115 valence electrons. The number of pyridine rings is 1. The summed E-state index contributed by atoms with van der Waals surface area (Å²) in [7, 11) is 0. The van der Waals surface area contributed by atoms with Crippen molar-refractivity contribution in [1.29, 1.82) is 0 Å². The Morgan fingerprint density at radius 1 is 1.18 bits per heavy atom. The topological polar surface area (TPSA) is 22.0 Å². The van der Waals surface area contributed by atoms with Gasteiger partial charge in [0.1, 0.15) is 5.82 Å². The third kappa shape index (κ3) is 4.14. The minimum absolute atomic E-state index is 0. The number of rotatable bonds is 3. The maximum atomic E-state index is 13.7. The number of nitrogens with zero attached hydrogens (tertiary/aromatic N) is 1. The number of aromatic nitrogens is 1. The Morgan fingerprint density at radius 2 is 1.73 bits per heavy atom. The number of benzene rings is 1. The first-order valence-corrected chi connectivity index (χ1v) is 6.63. The Balaban J connectivity index is 0.00000242. The third-order valence-electron chi connectivity index (χ3n) is 2.62. The molecule has 0 saturated heterocycles. The van der Waals surface area contributed by atoms with Gasteiger partial charge in [0.2, 0.25) is 5.56 Å². The molecule has 0 bridgehead atoms. The van der Waals surface area contributed by atoms with Gasteiger partial charge in [-0.3, -0.25) is 4.79 Å². The van der Waals surface area contributed by atoms with Crippen LogP contribution in [0.1, 0.15) is 0 Å². The molecule has 0 atom stereocenters. The predicted octanol–water partition coefficient (Wildman–Crippen LogP) is 3.60. The van der Waals surface area contributed by atoms with E-state index in [1.165, 1.54) is 0 Å². The molecule has 1 aromatic carbocycles. The Hall–Kier alpha value is -0.346. The summed E-state index contributed by atoms with van der Waals surface area (Å²) in [6.07, 6.45) is -2.90. The van der Waals surface area contributed by atoms with Gasteiger partial charge in [-0.15, -0.1) is 22.6 Å². The standard InChI is InChI=1S/C13H6F5INO.Y/c14-6-3-7(15)12(8(16)4-6)10-2-1-9(19)13(21)20(10)5-11(17)18;/h1,3-4,11H,5H2;/q-1;. The Bertz CT molecular complexity index is 727. The van der Waals surface area contributed by atoms with E-state index in [0.29, 0.717) is 16.7 Å². The van der Waals surface area contributed by atoms with Crippen molar-refractivity contribution in [2.75, 3.05) is 0 Å². The zero-order valence-electron chi connectivity index (χ0n) is 10.7. The zero-order chi connectivity index (χ0) is 15.7. The van der Waals surface area contributed by atoms with Crippen LogP contribution in [0, 0.1) is 27.1 Å². The second-order valence-corrected chi connectivity index (χ2v) is 5.20. The SMILES string of the molecule is O=c1c(I)c[c-]c(-c2c(F)cc(F)cc2F)n1CC(F)F.[Y]. The summed E-state index contributed by atoms with van der Waals surface area (Å²) in [5, 5.41) is 0. The maximum Gasteiger partial charge on any atom is 0.256 e. The molecule has 0 amide bonds. The average Bonchev–Trinajstić information content (AvgIpc) is 2.36. The van der Waals surface area contributed by atoms with Crippen molar-refractivity contribution >= 4 is 22.6 Å². The molecule has 0 fully saturated rings. The van der Waals surface area contributed by atoms with Crippen LogP contribution in [0.5, 0.6) is 0 Å². The van der Waals surface area contributed by atoms with Crippen LogP contribution in [0.15, 0.2) is 23.0 Å². The Labute approximate surface area is 160 Å². The molecule has 1 heterocycles. The van der Waals surface area contributed by atoms with Crippen LogP contribution < -0.4 is 5.56 Å². The van der Waals surface area contributed by atoms with Gasteiger partial charge in [-0.1, -0.05) is 5.69 Å². The number of alkyl halides is 2. The molecule has 0 aliphatic rings. The molecule has 2 aromatic rings. The van der Waals surface area contributed by atoms with Gasteiger partial charge in [-0.2, -0.15) is 12.1 Å². The van der Waals surface area contributed by atoms with Crippen LogP contribution >= 0.6 is 22.6 Å². The van der Waals surface area contributed by atoms with E-state index in [9.17, 15) is 26.7 Å². The van der Waals surface area contributed by atoms with Crippen molar-refractivity contribution in [3.63, 3.8) is 0 Å². The van der Waals surface area contributed by atoms with Gasteiger partial charge in [0.25, 0.3) is 6.43 Å². The van der Waals surface area contributed by atoms with Crippen molar-refractivity contribution in [2.24, 2.45) is 0 Å². The van der Waals surface area contributed by atoms with Crippen molar-refractivity contribution in [3.05, 3.63) is 55.6 Å². The smallest absolute Gasteiger partial charge is 0.256 e. The van der Waals surface area contributed by atoms with Crippen LogP contribution in [0.2, 0.25) is 0 Å². The molecule has 0 spiro atoms. The molecule has 0 N–H and O–H groups in total. The largest absolute Gasteiger partial charge is 0.336 e. The van der Waals surface area contributed by atoms with Gasteiger partial charge in [-0.25, -0.2) is 22.0 Å². The molecule has 0 aliphatic carbocycles. The molecule has 0 unspecified atom stereocenters. The summed E-state index contributed by atoms with van der Waals surface area (Å²) in [6.45, 7) is -1.04. The van der Waals surface area contributed by atoms with E-state index >= 15 is 0 Å². The first-order valence-electron chi connectivity index (χ1n) is 5.55. The molecule has 0 aliphatic heterocycles. The molecule has 1 radical (unpaired) electrons. The quantitative estimate of drug-likeness (QED) is 0.357. The van der Waals surface area contributed by atoms with E-state index in [2.05, 4.69) is 6.07 Å². The second-order valence-electron chi connectivity index (χ2n) is 4.04. The van der Waals surface area contributed by atoms with Crippen molar-refractivity contribution in [1.82, 2.24) is 4.57 Å². The molecular weight excluding hydrogens is 497 g/mol. The first-order chi connectivity index (χ1) is 9.81. The summed E-state index contributed by atoms with van der Waals surface area (Å²) in [6, 6.07) is 4.32. The van der Waals surface area contributed by atoms with Gasteiger partial charge in [0, 0.05) is 32.7 Å². The molecular formula is C13H6F5INOY-. The molecule has 22 heavy (non-hydrogen) atoms. The van der Waals surface area contributed by atoms with Crippen molar-refractivity contribution < 1.29 is 54.7 Å². The van der Waals surface area contributed by atoms with Gasteiger partial charge in [0.05, 0.1) is 18.2 Å². The third-order valence-corrected chi connectivity index (χ3v) is 3.39. The fourth-order valence-electron chi connectivity index (χ4n) is 1.79. The summed E-state index contributed by atoms with van der Waals surface area (Å²) in [4.78, 5) is 11.9. The van der Waals surface area contributed by atoms with E-state index in [4.69, 9.17) is 0 Å². The fourth-order valence-corrected chi connectivity index (χ4v) is 2.24. The van der Waals surface area contributed by atoms with E-state index in [1.807, 2.05) is 0 Å². The molecule has 2 nitrogen and oxygen atoms in total. The van der Waals surface area contributed by atoms with Crippen molar-refractivity contribution in [3.8, 4) is 11.3 Å². The minimum Gasteiger partial charge on any atom is -0.336 e. The molecule has 9 heteroatoms. The summed E-state index contributed by atoms with van der Waals surface area (Å²) in [5.74, 6) is -3.75. The second kappa shape index (κ2) is 7.96.